The fourth-order valence-corrected chi connectivity index (χ4v) is 2.14. The highest BCUT2D eigenvalue weighted by Gasteiger charge is 2.03. The van der Waals surface area contributed by atoms with Crippen molar-refractivity contribution in [2.24, 2.45) is 4.99 Å². The molecule has 0 radical (unpaired) electrons. The van der Waals surface area contributed by atoms with Gasteiger partial charge in [0.15, 0.2) is 5.96 Å². The summed E-state index contributed by atoms with van der Waals surface area (Å²) < 4.78 is 11.2. The van der Waals surface area contributed by atoms with Gasteiger partial charge in [0.2, 0.25) is 5.88 Å². The van der Waals surface area contributed by atoms with Crippen LogP contribution in [-0.4, -0.2) is 37.2 Å². The molecule has 6 nitrogen and oxygen atoms in total. The van der Waals surface area contributed by atoms with Crippen LogP contribution in [0.1, 0.15) is 25.8 Å². The van der Waals surface area contributed by atoms with Gasteiger partial charge in [0, 0.05) is 31.9 Å². The van der Waals surface area contributed by atoms with Crippen molar-refractivity contribution in [3.63, 3.8) is 0 Å². The first-order chi connectivity index (χ1) is 12.7. The number of pyridine rings is 1. The average molecular weight is 484 g/mol. The number of rotatable bonds is 9. The van der Waals surface area contributed by atoms with Crippen molar-refractivity contribution in [1.82, 2.24) is 15.6 Å². The fourth-order valence-electron chi connectivity index (χ4n) is 2.14. The average Bonchev–Trinajstić information content (AvgIpc) is 2.70. The van der Waals surface area contributed by atoms with E-state index in [0.29, 0.717) is 31.7 Å². The Hall–Kier alpha value is -2.03. The van der Waals surface area contributed by atoms with Crippen LogP contribution in [0.25, 0.3) is 0 Å². The van der Waals surface area contributed by atoms with Crippen molar-refractivity contribution in [2.45, 2.75) is 32.9 Å². The summed E-state index contributed by atoms with van der Waals surface area (Å²) in [5.74, 6) is 2.22. The molecule has 7 heteroatoms. The van der Waals surface area contributed by atoms with E-state index in [2.05, 4.69) is 34.5 Å². The van der Waals surface area contributed by atoms with E-state index in [1.165, 1.54) is 0 Å². The van der Waals surface area contributed by atoms with Gasteiger partial charge in [-0.15, -0.1) is 24.0 Å². The maximum atomic E-state index is 5.60. The monoisotopic (exact) mass is 484 g/mol. The normalized spacial score (nSPS) is 11.9. The molecule has 0 aliphatic carbocycles. The number of benzene rings is 1. The Bertz CT molecular complexity index is 665. The van der Waals surface area contributed by atoms with E-state index in [1.807, 2.05) is 42.5 Å². The van der Waals surface area contributed by atoms with E-state index < -0.39 is 0 Å². The molecule has 0 aliphatic heterocycles. The topological polar surface area (TPSA) is 67.8 Å². The van der Waals surface area contributed by atoms with Gasteiger partial charge in [0.05, 0.1) is 0 Å². The lowest BCUT2D eigenvalue weighted by Gasteiger charge is -2.16. The molecule has 0 bridgehead atoms. The van der Waals surface area contributed by atoms with E-state index >= 15 is 0 Å². The SMILES string of the molecule is CCC(C)NC(=NC)NCc1ccc(OCCOc2ccccc2)nc1.I. The fraction of sp³-hybridized carbons (Fsp3) is 0.400. The Morgan fingerprint density at radius 3 is 2.48 bits per heavy atom. The molecule has 0 fully saturated rings. The second-order valence-electron chi connectivity index (χ2n) is 5.89. The molecule has 0 spiro atoms. The molecule has 2 aromatic rings. The number of nitrogens with zero attached hydrogens (tertiary/aromatic N) is 2. The number of guanidine groups is 1. The minimum Gasteiger partial charge on any atom is -0.490 e. The lowest BCUT2D eigenvalue weighted by atomic mass is 10.2. The van der Waals surface area contributed by atoms with Crippen LogP contribution in [0.3, 0.4) is 0 Å². The smallest absolute Gasteiger partial charge is 0.213 e. The van der Waals surface area contributed by atoms with E-state index in [-0.39, 0.29) is 24.0 Å². The van der Waals surface area contributed by atoms with Crippen LogP contribution in [0.15, 0.2) is 53.7 Å². The van der Waals surface area contributed by atoms with Gasteiger partial charge in [-0.3, -0.25) is 4.99 Å². The van der Waals surface area contributed by atoms with E-state index in [0.717, 1.165) is 23.7 Å². The number of halogens is 1. The zero-order chi connectivity index (χ0) is 18.6. The summed E-state index contributed by atoms with van der Waals surface area (Å²) in [6, 6.07) is 13.9. The van der Waals surface area contributed by atoms with Crippen LogP contribution in [0.4, 0.5) is 0 Å². The summed E-state index contributed by atoms with van der Waals surface area (Å²) in [6.45, 7) is 5.85. The summed E-state index contributed by atoms with van der Waals surface area (Å²) in [6.07, 6.45) is 2.85. The first kappa shape index (κ1) is 23.0. The predicted octanol–water partition coefficient (Wildman–Crippen LogP) is 3.62. The second kappa shape index (κ2) is 13.2. The van der Waals surface area contributed by atoms with Crippen LogP contribution in [0.2, 0.25) is 0 Å². The summed E-state index contributed by atoms with van der Waals surface area (Å²) in [5.41, 5.74) is 1.06. The second-order valence-corrected chi connectivity index (χ2v) is 5.89. The molecule has 1 heterocycles. The molecular formula is C20H29IN4O2. The van der Waals surface area contributed by atoms with Crippen LogP contribution in [0, 0.1) is 0 Å². The number of aromatic nitrogens is 1. The molecule has 1 unspecified atom stereocenters. The molecule has 0 amide bonds. The number of hydrogen-bond acceptors (Lipinski definition) is 4. The quantitative estimate of drug-likeness (QED) is 0.246. The minimum atomic E-state index is 0. The molecule has 1 atom stereocenters. The van der Waals surface area contributed by atoms with E-state index in [4.69, 9.17) is 9.47 Å². The third-order valence-corrected chi connectivity index (χ3v) is 3.82. The van der Waals surface area contributed by atoms with Gasteiger partial charge in [-0.2, -0.15) is 0 Å². The molecule has 0 aliphatic rings. The Kier molecular flexibility index (Phi) is 11.2. The van der Waals surface area contributed by atoms with Crippen molar-refractivity contribution in [2.75, 3.05) is 20.3 Å². The van der Waals surface area contributed by atoms with Crippen molar-refractivity contribution in [1.29, 1.82) is 0 Å². The summed E-state index contributed by atoms with van der Waals surface area (Å²) >= 11 is 0. The highest BCUT2D eigenvalue weighted by Crippen LogP contribution is 2.09. The van der Waals surface area contributed by atoms with Gasteiger partial charge in [-0.1, -0.05) is 31.2 Å². The highest BCUT2D eigenvalue weighted by atomic mass is 127. The van der Waals surface area contributed by atoms with Crippen molar-refractivity contribution < 1.29 is 9.47 Å². The van der Waals surface area contributed by atoms with Crippen LogP contribution < -0.4 is 20.1 Å². The molecule has 0 saturated heterocycles. The molecule has 148 valence electrons. The van der Waals surface area contributed by atoms with Crippen molar-refractivity contribution >= 4 is 29.9 Å². The Labute approximate surface area is 178 Å². The standard InChI is InChI=1S/C20H28N4O2.HI/c1-4-16(2)24-20(21-3)23-15-17-10-11-19(22-14-17)26-13-12-25-18-8-6-5-7-9-18;/h5-11,14,16H,4,12-13,15H2,1-3H3,(H2,21,23,24);1H. The number of para-hydroxylation sites is 1. The van der Waals surface area contributed by atoms with Gasteiger partial charge in [-0.05, 0) is 31.0 Å². The molecule has 27 heavy (non-hydrogen) atoms. The van der Waals surface area contributed by atoms with Gasteiger partial charge in [-0.25, -0.2) is 4.98 Å². The summed E-state index contributed by atoms with van der Waals surface area (Å²) in [5, 5.41) is 6.60. The zero-order valence-electron chi connectivity index (χ0n) is 16.1. The Balaban J connectivity index is 0.00000364. The molecular weight excluding hydrogens is 455 g/mol. The van der Waals surface area contributed by atoms with Crippen LogP contribution >= 0.6 is 24.0 Å². The van der Waals surface area contributed by atoms with Crippen LogP contribution in [0.5, 0.6) is 11.6 Å². The first-order valence-corrected chi connectivity index (χ1v) is 8.94. The number of ether oxygens (including phenoxy) is 2. The lowest BCUT2D eigenvalue weighted by molar-refractivity contribution is 0.212. The largest absolute Gasteiger partial charge is 0.490 e. The summed E-state index contributed by atoms with van der Waals surface area (Å²) in [4.78, 5) is 8.54. The maximum Gasteiger partial charge on any atom is 0.213 e. The zero-order valence-corrected chi connectivity index (χ0v) is 18.5. The number of nitrogens with one attached hydrogen (secondary N) is 2. The van der Waals surface area contributed by atoms with Gasteiger partial charge >= 0.3 is 0 Å². The van der Waals surface area contributed by atoms with E-state index in [9.17, 15) is 0 Å². The van der Waals surface area contributed by atoms with Crippen molar-refractivity contribution in [3.05, 3.63) is 54.2 Å². The van der Waals surface area contributed by atoms with Crippen molar-refractivity contribution in [3.8, 4) is 11.6 Å². The Morgan fingerprint density at radius 1 is 1.11 bits per heavy atom. The number of aliphatic imine (C=N–C) groups is 1. The molecule has 0 saturated carbocycles. The third-order valence-electron chi connectivity index (χ3n) is 3.82. The first-order valence-electron chi connectivity index (χ1n) is 8.94. The third kappa shape index (κ3) is 8.94. The maximum absolute atomic E-state index is 5.60. The minimum absolute atomic E-state index is 0. The van der Waals surface area contributed by atoms with Gasteiger partial charge in [0.25, 0.3) is 0 Å². The highest BCUT2D eigenvalue weighted by molar-refractivity contribution is 14.0. The molecule has 2 N–H and O–H groups in total. The van der Waals surface area contributed by atoms with Crippen LogP contribution in [-0.2, 0) is 6.54 Å². The Morgan fingerprint density at radius 2 is 1.85 bits per heavy atom. The number of hydrogen-bond donors (Lipinski definition) is 2. The lowest BCUT2D eigenvalue weighted by Crippen LogP contribution is -2.41. The predicted molar refractivity (Wildman–Crippen MR) is 120 cm³/mol. The summed E-state index contributed by atoms with van der Waals surface area (Å²) in [7, 11) is 1.77. The van der Waals surface area contributed by atoms with Gasteiger partial charge < -0.3 is 20.1 Å². The molecule has 1 aromatic carbocycles. The molecule has 1 aromatic heterocycles. The van der Waals surface area contributed by atoms with E-state index in [1.54, 1.807) is 13.2 Å². The van der Waals surface area contributed by atoms with Gasteiger partial charge in [0.1, 0.15) is 19.0 Å². The molecule has 2 rings (SSSR count).